The largest absolute Gasteiger partial charge is 0.484 e. The summed E-state index contributed by atoms with van der Waals surface area (Å²) in [4.78, 5) is 11.9. The number of carbonyl (C=O) groups is 1. The second kappa shape index (κ2) is 7.25. The Kier molecular flexibility index (Phi) is 5.49. The third kappa shape index (κ3) is 5.58. The molecule has 0 atom stereocenters. The van der Waals surface area contributed by atoms with Gasteiger partial charge in [0.2, 0.25) is 10.0 Å². The van der Waals surface area contributed by atoms with Gasteiger partial charge in [-0.25, -0.2) is 13.6 Å². The maximum absolute atomic E-state index is 11.9. The first-order valence-corrected chi connectivity index (χ1v) is 9.26. The lowest BCUT2D eigenvalue weighted by Crippen LogP contribution is -2.20. The third-order valence-corrected chi connectivity index (χ3v) is 4.49. The predicted octanol–water partition coefficient (Wildman–Crippen LogP) is 2.65. The molecule has 0 saturated heterocycles. The molecule has 3 N–H and O–H groups in total. The molecule has 134 valence electrons. The Morgan fingerprint density at radius 1 is 1.04 bits per heavy atom. The molecule has 0 heterocycles. The highest BCUT2D eigenvalue weighted by molar-refractivity contribution is 7.89. The number of hydrogen-bond donors (Lipinski definition) is 2. The standard InChI is InChI=1S/C18H22N2O4S/c1-18(2,3)13-4-8-15(9-5-13)24-12-17(21)20-14-6-10-16(11-7-14)25(19,22)23/h4-11H,12H2,1-3H3,(H,20,21)(H2,19,22,23). The molecule has 1 amide bonds. The van der Waals surface area contributed by atoms with Crippen molar-refractivity contribution in [2.75, 3.05) is 11.9 Å². The van der Waals surface area contributed by atoms with Crippen molar-refractivity contribution in [3.8, 4) is 5.75 Å². The normalized spacial score (nSPS) is 11.8. The van der Waals surface area contributed by atoms with E-state index in [4.69, 9.17) is 9.88 Å². The Hall–Kier alpha value is -2.38. The van der Waals surface area contributed by atoms with E-state index in [0.717, 1.165) is 0 Å². The van der Waals surface area contributed by atoms with Gasteiger partial charge in [-0.1, -0.05) is 32.9 Å². The first-order valence-electron chi connectivity index (χ1n) is 7.72. The Labute approximate surface area is 148 Å². The molecule has 0 fully saturated rings. The van der Waals surface area contributed by atoms with E-state index in [2.05, 4.69) is 26.1 Å². The minimum Gasteiger partial charge on any atom is -0.484 e. The summed E-state index contributed by atoms with van der Waals surface area (Å²) in [5.41, 5.74) is 1.70. The van der Waals surface area contributed by atoms with Crippen LogP contribution in [0.4, 0.5) is 5.69 Å². The van der Waals surface area contributed by atoms with Gasteiger partial charge in [0, 0.05) is 5.69 Å². The molecule has 0 radical (unpaired) electrons. The molecule has 7 heteroatoms. The number of nitrogens with one attached hydrogen (secondary N) is 1. The molecule has 0 unspecified atom stereocenters. The monoisotopic (exact) mass is 362 g/mol. The lowest BCUT2D eigenvalue weighted by atomic mass is 9.87. The van der Waals surface area contributed by atoms with E-state index < -0.39 is 10.0 Å². The van der Waals surface area contributed by atoms with Gasteiger partial charge in [-0.2, -0.15) is 0 Å². The fraction of sp³-hybridized carbons (Fsp3) is 0.278. The van der Waals surface area contributed by atoms with Gasteiger partial charge in [0.1, 0.15) is 5.75 Å². The molecule has 0 spiro atoms. The van der Waals surface area contributed by atoms with E-state index in [1.54, 1.807) is 0 Å². The number of primary sulfonamides is 1. The molecule has 2 aromatic carbocycles. The fourth-order valence-corrected chi connectivity index (χ4v) is 2.64. The number of nitrogens with two attached hydrogens (primary N) is 1. The van der Waals surface area contributed by atoms with Crippen molar-refractivity contribution in [2.45, 2.75) is 31.1 Å². The quantitative estimate of drug-likeness (QED) is 0.854. The maximum atomic E-state index is 11.9. The van der Waals surface area contributed by atoms with Crippen LogP contribution in [0.2, 0.25) is 0 Å². The highest BCUT2D eigenvalue weighted by Crippen LogP contribution is 2.24. The first-order chi connectivity index (χ1) is 11.6. The summed E-state index contributed by atoms with van der Waals surface area (Å²) in [5.74, 6) is 0.260. The average Bonchev–Trinajstić information content (AvgIpc) is 2.52. The lowest BCUT2D eigenvalue weighted by Gasteiger charge is -2.19. The second-order valence-corrected chi connectivity index (χ2v) is 8.24. The minimum atomic E-state index is -3.75. The van der Waals surface area contributed by atoms with Crippen LogP contribution < -0.4 is 15.2 Å². The van der Waals surface area contributed by atoms with Crippen molar-refractivity contribution in [3.05, 3.63) is 54.1 Å². The highest BCUT2D eigenvalue weighted by Gasteiger charge is 2.13. The molecule has 0 aliphatic rings. The van der Waals surface area contributed by atoms with Crippen LogP contribution in [0.3, 0.4) is 0 Å². The summed E-state index contributed by atoms with van der Waals surface area (Å²) < 4.78 is 27.8. The summed E-state index contributed by atoms with van der Waals surface area (Å²) >= 11 is 0. The Morgan fingerprint density at radius 2 is 1.60 bits per heavy atom. The predicted molar refractivity (Wildman–Crippen MR) is 97.1 cm³/mol. The van der Waals surface area contributed by atoms with Gasteiger partial charge in [-0.05, 0) is 47.4 Å². The molecule has 0 aliphatic heterocycles. The number of hydrogen-bond acceptors (Lipinski definition) is 4. The van der Waals surface area contributed by atoms with Gasteiger partial charge >= 0.3 is 0 Å². The van der Waals surface area contributed by atoms with Crippen LogP contribution in [0.1, 0.15) is 26.3 Å². The molecule has 2 aromatic rings. The first kappa shape index (κ1) is 19.0. The molecule has 6 nitrogen and oxygen atoms in total. The number of rotatable bonds is 5. The van der Waals surface area contributed by atoms with E-state index in [0.29, 0.717) is 11.4 Å². The Balaban J connectivity index is 1.90. The number of ether oxygens (including phenoxy) is 1. The SMILES string of the molecule is CC(C)(C)c1ccc(OCC(=O)Nc2ccc(S(N)(=O)=O)cc2)cc1. The van der Waals surface area contributed by atoms with Gasteiger partial charge in [0.15, 0.2) is 6.61 Å². The van der Waals surface area contributed by atoms with Crippen LogP contribution in [-0.4, -0.2) is 20.9 Å². The summed E-state index contributed by atoms with van der Waals surface area (Å²) in [6.07, 6.45) is 0. The van der Waals surface area contributed by atoms with Crippen LogP contribution in [0, 0.1) is 0 Å². The van der Waals surface area contributed by atoms with Crippen molar-refractivity contribution in [2.24, 2.45) is 5.14 Å². The van der Waals surface area contributed by atoms with E-state index >= 15 is 0 Å². The van der Waals surface area contributed by atoms with Crippen LogP contribution in [0.15, 0.2) is 53.4 Å². The van der Waals surface area contributed by atoms with E-state index in [1.165, 1.54) is 29.8 Å². The second-order valence-electron chi connectivity index (χ2n) is 6.68. The van der Waals surface area contributed by atoms with E-state index in [1.807, 2.05) is 24.3 Å². The van der Waals surface area contributed by atoms with Crippen molar-refractivity contribution in [1.82, 2.24) is 0 Å². The van der Waals surface area contributed by atoms with Gasteiger partial charge in [0.25, 0.3) is 5.91 Å². The number of sulfonamides is 1. The lowest BCUT2D eigenvalue weighted by molar-refractivity contribution is -0.118. The zero-order chi connectivity index (χ0) is 18.7. The zero-order valence-electron chi connectivity index (χ0n) is 14.4. The van der Waals surface area contributed by atoms with Crippen molar-refractivity contribution >= 4 is 21.6 Å². The number of carbonyl (C=O) groups excluding carboxylic acids is 1. The smallest absolute Gasteiger partial charge is 0.262 e. The third-order valence-electron chi connectivity index (χ3n) is 3.56. The minimum absolute atomic E-state index is 0.0133. The van der Waals surface area contributed by atoms with E-state index in [-0.39, 0.29) is 22.8 Å². The summed E-state index contributed by atoms with van der Waals surface area (Å²) in [5, 5.41) is 7.65. The summed E-state index contributed by atoms with van der Waals surface area (Å²) in [6, 6.07) is 13.2. The summed E-state index contributed by atoms with van der Waals surface area (Å²) in [6.45, 7) is 6.22. The number of benzene rings is 2. The topological polar surface area (TPSA) is 98.5 Å². The highest BCUT2D eigenvalue weighted by atomic mass is 32.2. The van der Waals surface area contributed by atoms with Crippen molar-refractivity contribution in [3.63, 3.8) is 0 Å². The maximum Gasteiger partial charge on any atom is 0.262 e. The van der Waals surface area contributed by atoms with Gasteiger partial charge in [0.05, 0.1) is 4.90 Å². The van der Waals surface area contributed by atoms with Gasteiger partial charge in [-0.3, -0.25) is 4.79 Å². The molecule has 0 saturated carbocycles. The van der Waals surface area contributed by atoms with Crippen LogP contribution in [0.25, 0.3) is 0 Å². The Morgan fingerprint density at radius 3 is 2.08 bits per heavy atom. The molecular formula is C18H22N2O4S. The van der Waals surface area contributed by atoms with Gasteiger partial charge < -0.3 is 10.1 Å². The molecular weight excluding hydrogens is 340 g/mol. The van der Waals surface area contributed by atoms with Crippen LogP contribution >= 0.6 is 0 Å². The van der Waals surface area contributed by atoms with Crippen molar-refractivity contribution in [1.29, 1.82) is 0 Å². The van der Waals surface area contributed by atoms with Crippen LogP contribution in [0.5, 0.6) is 5.75 Å². The van der Waals surface area contributed by atoms with E-state index in [9.17, 15) is 13.2 Å². The number of anilines is 1. The fourth-order valence-electron chi connectivity index (χ4n) is 2.13. The Bertz CT molecular complexity index is 836. The number of amides is 1. The molecule has 0 aromatic heterocycles. The van der Waals surface area contributed by atoms with Gasteiger partial charge in [-0.15, -0.1) is 0 Å². The average molecular weight is 362 g/mol. The molecule has 25 heavy (non-hydrogen) atoms. The summed E-state index contributed by atoms with van der Waals surface area (Å²) in [7, 11) is -3.75. The molecule has 0 aliphatic carbocycles. The van der Waals surface area contributed by atoms with Crippen LogP contribution in [-0.2, 0) is 20.2 Å². The molecule has 0 bridgehead atoms. The zero-order valence-corrected chi connectivity index (χ0v) is 15.3. The molecule has 2 rings (SSSR count). The van der Waals surface area contributed by atoms with Crippen molar-refractivity contribution < 1.29 is 17.9 Å².